The lowest BCUT2D eigenvalue weighted by molar-refractivity contribution is 0.0822. The number of ketones is 1. The van der Waals surface area contributed by atoms with Gasteiger partial charge in [0.25, 0.3) is 12.3 Å². The maximum Gasteiger partial charge on any atom is 0.280 e. The number of imidazole rings is 1. The zero-order chi connectivity index (χ0) is 21.1. The number of pyridine rings is 2. The van der Waals surface area contributed by atoms with Gasteiger partial charge in [0, 0.05) is 44.5 Å². The first-order valence-corrected chi connectivity index (χ1v) is 8.94. The molecular formula is C20H20F2N4O3. The second kappa shape index (κ2) is 8.34. The molecule has 3 aromatic heterocycles. The fourth-order valence-corrected chi connectivity index (χ4v) is 2.81. The molecule has 3 heterocycles. The molecule has 9 heteroatoms. The molecule has 0 aliphatic rings. The van der Waals surface area contributed by atoms with Gasteiger partial charge in [-0.2, -0.15) is 0 Å². The fourth-order valence-electron chi connectivity index (χ4n) is 2.81. The second-order valence-corrected chi connectivity index (χ2v) is 6.54. The fraction of sp³-hybridized carbons (Fsp3) is 0.300. The van der Waals surface area contributed by atoms with Crippen LogP contribution < -0.4 is 4.74 Å². The molecule has 0 spiro atoms. The highest BCUT2D eigenvalue weighted by atomic mass is 19.3. The summed E-state index contributed by atoms with van der Waals surface area (Å²) in [6.07, 6.45) is 0.364. The Balaban J connectivity index is 1.96. The van der Waals surface area contributed by atoms with E-state index in [0.29, 0.717) is 23.6 Å². The molecule has 1 amide bonds. The zero-order valence-electron chi connectivity index (χ0n) is 16.2. The molecule has 0 aliphatic carbocycles. The maximum atomic E-state index is 12.9. The number of ether oxygens (including phenoxy) is 1. The van der Waals surface area contributed by atoms with Crippen LogP contribution in [0.15, 0.2) is 36.7 Å². The molecule has 0 aliphatic heterocycles. The Labute approximate surface area is 165 Å². The first kappa shape index (κ1) is 20.4. The van der Waals surface area contributed by atoms with Gasteiger partial charge >= 0.3 is 0 Å². The first-order valence-electron chi connectivity index (χ1n) is 8.94. The summed E-state index contributed by atoms with van der Waals surface area (Å²) in [5, 5.41) is 0. The number of hydrogen-bond acceptors (Lipinski definition) is 5. The summed E-state index contributed by atoms with van der Waals surface area (Å²) in [5.74, 6) is -0.234. The summed E-state index contributed by atoms with van der Waals surface area (Å²) in [4.78, 5) is 34.2. The SMILES string of the molecule is CCOc1cc2nc(C(=O)N(C)C)cn2cc1CC(=O)c1cccc(C(F)F)n1. The molecule has 152 valence electrons. The molecule has 0 radical (unpaired) electrons. The number of carbonyl (C=O) groups excluding carboxylic acids is 2. The summed E-state index contributed by atoms with van der Waals surface area (Å²) < 4.78 is 33.0. The molecule has 3 rings (SSSR count). The van der Waals surface area contributed by atoms with Crippen LogP contribution in [0.3, 0.4) is 0 Å². The van der Waals surface area contributed by atoms with Gasteiger partial charge in [-0.05, 0) is 19.1 Å². The monoisotopic (exact) mass is 402 g/mol. The molecule has 0 saturated heterocycles. The van der Waals surface area contributed by atoms with Crippen LogP contribution in [-0.4, -0.2) is 51.7 Å². The minimum Gasteiger partial charge on any atom is -0.493 e. The topological polar surface area (TPSA) is 76.8 Å². The highest BCUT2D eigenvalue weighted by molar-refractivity contribution is 5.96. The van der Waals surface area contributed by atoms with Crippen molar-refractivity contribution in [2.45, 2.75) is 19.8 Å². The van der Waals surface area contributed by atoms with Gasteiger partial charge in [-0.25, -0.2) is 18.7 Å². The third-order valence-electron chi connectivity index (χ3n) is 4.19. The van der Waals surface area contributed by atoms with Gasteiger partial charge in [0.05, 0.1) is 6.61 Å². The number of rotatable bonds is 7. The summed E-state index contributed by atoms with van der Waals surface area (Å²) in [5.41, 5.74) is 0.798. The van der Waals surface area contributed by atoms with Crippen molar-refractivity contribution in [1.82, 2.24) is 19.3 Å². The summed E-state index contributed by atoms with van der Waals surface area (Å²) >= 11 is 0. The average molecular weight is 402 g/mol. The van der Waals surface area contributed by atoms with E-state index in [2.05, 4.69) is 9.97 Å². The predicted molar refractivity (Wildman–Crippen MR) is 102 cm³/mol. The third-order valence-corrected chi connectivity index (χ3v) is 4.19. The number of hydrogen-bond donors (Lipinski definition) is 0. The lowest BCUT2D eigenvalue weighted by Crippen LogP contribution is -2.21. The molecule has 0 aromatic carbocycles. The predicted octanol–water partition coefficient (Wildman–Crippen LogP) is 3.19. The molecule has 0 atom stereocenters. The van der Waals surface area contributed by atoms with Crippen LogP contribution in [0.5, 0.6) is 5.75 Å². The number of carbonyl (C=O) groups is 2. The molecule has 0 bridgehead atoms. The van der Waals surface area contributed by atoms with E-state index >= 15 is 0 Å². The Hall–Kier alpha value is -3.36. The van der Waals surface area contributed by atoms with Gasteiger partial charge in [0.15, 0.2) is 5.78 Å². The smallest absolute Gasteiger partial charge is 0.280 e. The maximum absolute atomic E-state index is 12.9. The van der Waals surface area contributed by atoms with Crippen molar-refractivity contribution in [1.29, 1.82) is 0 Å². The molecule has 0 saturated carbocycles. The summed E-state index contributed by atoms with van der Waals surface area (Å²) in [7, 11) is 3.26. The van der Waals surface area contributed by atoms with Gasteiger partial charge < -0.3 is 14.0 Å². The van der Waals surface area contributed by atoms with E-state index in [4.69, 9.17) is 4.74 Å². The molecule has 0 unspecified atom stereocenters. The minimum absolute atomic E-state index is 0.0422. The van der Waals surface area contributed by atoms with E-state index in [0.717, 1.165) is 0 Å². The van der Waals surface area contributed by atoms with Crippen molar-refractivity contribution >= 4 is 17.3 Å². The van der Waals surface area contributed by atoms with Crippen LogP contribution in [0.1, 0.15) is 45.6 Å². The molecule has 0 fully saturated rings. The van der Waals surface area contributed by atoms with Crippen molar-refractivity contribution in [3.05, 3.63) is 59.3 Å². The van der Waals surface area contributed by atoms with Crippen molar-refractivity contribution in [2.75, 3.05) is 20.7 Å². The summed E-state index contributed by atoms with van der Waals surface area (Å²) in [6.45, 7) is 2.16. The van der Waals surface area contributed by atoms with Crippen LogP contribution in [0.4, 0.5) is 8.78 Å². The second-order valence-electron chi connectivity index (χ2n) is 6.54. The Bertz CT molecular complexity index is 1060. The number of fused-ring (bicyclic) bond motifs is 1. The number of aromatic nitrogens is 3. The third kappa shape index (κ3) is 4.39. The van der Waals surface area contributed by atoms with Gasteiger partial charge in [0.2, 0.25) is 0 Å². The molecule has 7 nitrogen and oxygen atoms in total. The lowest BCUT2D eigenvalue weighted by Gasteiger charge is -2.11. The van der Waals surface area contributed by atoms with Crippen molar-refractivity contribution in [3.63, 3.8) is 0 Å². The molecule has 3 aromatic rings. The van der Waals surface area contributed by atoms with Gasteiger partial charge in [-0.15, -0.1) is 0 Å². The Morgan fingerprint density at radius 1 is 1.17 bits per heavy atom. The largest absolute Gasteiger partial charge is 0.493 e. The molecular weight excluding hydrogens is 382 g/mol. The Kier molecular flexibility index (Phi) is 5.86. The number of Topliss-reactive ketones (excluding diaryl/α,β-unsaturated/α-hetero) is 1. The highest BCUT2D eigenvalue weighted by Gasteiger charge is 2.18. The van der Waals surface area contributed by atoms with Gasteiger partial charge in [0.1, 0.15) is 28.5 Å². The zero-order valence-corrected chi connectivity index (χ0v) is 16.2. The Morgan fingerprint density at radius 3 is 2.59 bits per heavy atom. The first-order chi connectivity index (χ1) is 13.8. The number of amides is 1. The average Bonchev–Trinajstić information content (AvgIpc) is 3.10. The minimum atomic E-state index is -2.75. The van der Waals surface area contributed by atoms with E-state index in [1.165, 1.54) is 23.1 Å². The van der Waals surface area contributed by atoms with Crippen LogP contribution in [-0.2, 0) is 6.42 Å². The van der Waals surface area contributed by atoms with E-state index in [1.54, 1.807) is 43.9 Å². The number of nitrogens with zero attached hydrogens (tertiary/aromatic N) is 4. The van der Waals surface area contributed by atoms with E-state index in [9.17, 15) is 18.4 Å². The Morgan fingerprint density at radius 2 is 1.93 bits per heavy atom. The van der Waals surface area contributed by atoms with E-state index in [-0.39, 0.29) is 23.7 Å². The van der Waals surface area contributed by atoms with Crippen LogP contribution in [0, 0.1) is 0 Å². The number of alkyl halides is 2. The quantitative estimate of drug-likeness (QED) is 0.568. The van der Waals surface area contributed by atoms with E-state index in [1.807, 2.05) is 0 Å². The number of halogens is 2. The van der Waals surface area contributed by atoms with Crippen molar-refractivity contribution in [2.24, 2.45) is 0 Å². The van der Waals surface area contributed by atoms with E-state index < -0.39 is 17.9 Å². The van der Waals surface area contributed by atoms with Crippen LogP contribution >= 0.6 is 0 Å². The normalized spacial score (nSPS) is 11.1. The van der Waals surface area contributed by atoms with Gasteiger partial charge in [-0.1, -0.05) is 6.07 Å². The van der Waals surface area contributed by atoms with Gasteiger partial charge in [-0.3, -0.25) is 9.59 Å². The van der Waals surface area contributed by atoms with Crippen molar-refractivity contribution < 1.29 is 23.1 Å². The highest BCUT2D eigenvalue weighted by Crippen LogP contribution is 2.24. The standard InChI is InChI=1S/C20H20F2N4O3/c1-4-29-17-9-18-24-15(20(28)25(2)3)11-26(18)10-12(17)8-16(27)13-6-5-7-14(23-13)19(21)22/h5-7,9-11,19H,4,8H2,1-3H3. The molecule has 0 N–H and O–H groups in total. The molecule has 29 heavy (non-hydrogen) atoms. The van der Waals surface area contributed by atoms with Crippen LogP contribution in [0.25, 0.3) is 5.65 Å². The summed E-state index contributed by atoms with van der Waals surface area (Å²) in [6, 6.07) is 5.59. The van der Waals surface area contributed by atoms with Crippen LogP contribution in [0.2, 0.25) is 0 Å². The van der Waals surface area contributed by atoms with Crippen molar-refractivity contribution in [3.8, 4) is 5.75 Å². The lowest BCUT2D eigenvalue weighted by atomic mass is 10.1.